The standard InChI is InChI=1S/C18H22ClN/c1-15(17-10-12-18(19)13-11-17)20-14-6-5-9-16-7-3-2-4-8-16/h2-4,7-8,10-13,15,20H,5-6,9,14H2,1H3. The van der Waals surface area contributed by atoms with E-state index in [4.69, 9.17) is 11.6 Å². The third kappa shape index (κ3) is 4.99. The van der Waals surface area contributed by atoms with Crippen molar-refractivity contribution in [2.24, 2.45) is 0 Å². The van der Waals surface area contributed by atoms with Crippen LogP contribution >= 0.6 is 11.6 Å². The third-order valence-electron chi connectivity index (χ3n) is 3.56. The minimum atomic E-state index is 0.379. The van der Waals surface area contributed by atoms with Gasteiger partial charge in [0.1, 0.15) is 0 Å². The number of halogens is 1. The van der Waals surface area contributed by atoms with Gasteiger partial charge < -0.3 is 5.32 Å². The Balaban J connectivity index is 1.64. The minimum absolute atomic E-state index is 0.379. The van der Waals surface area contributed by atoms with Crippen molar-refractivity contribution in [2.45, 2.75) is 32.2 Å². The number of benzene rings is 2. The summed E-state index contributed by atoms with van der Waals surface area (Å²) < 4.78 is 0. The predicted octanol–water partition coefficient (Wildman–Crippen LogP) is 5.01. The fraction of sp³-hybridized carbons (Fsp3) is 0.333. The molecule has 0 amide bonds. The summed E-state index contributed by atoms with van der Waals surface area (Å²) >= 11 is 5.90. The van der Waals surface area contributed by atoms with Gasteiger partial charge in [-0.05, 0) is 56.0 Å². The summed E-state index contributed by atoms with van der Waals surface area (Å²) in [6.45, 7) is 3.25. The number of aryl methyl sites for hydroxylation is 1. The fourth-order valence-electron chi connectivity index (χ4n) is 2.29. The quantitative estimate of drug-likeness (QED) is 0.706. The molecule has 0 bridgehead atoms. The number of nitrogens with one attached hydrogen (secondary N) is 1. The van der Waals surface area contributed by atoms with E-state index in [1.165, 1.54) is 24.0 Å². The third-order valence-corrected chi connectivity index (χ3v) is 3.81. The zero-order chi connectivity index (χ0) is 14.2. The predicted molar refractivity (Wildman–Crippen MR) is 87.2 cm³/mol. The van der Waals surface area contributed by atoms with E-state index in [9.17, 15) is 0 Å². The zero-order valence-electron chi connectivity index (χ0n) is 12.0. The first kappa shape index (κ1) is 15.1. The Bertz CT molecular complexity index is 493. The molecule has 0 heterocycles. The number of rotatable bonds is 7. The van der Waals surface area contributed by atoms with Gasteiger partial charge in [-0.15, -0.1) is 0 Å². The molecule has 2 aromatic rings. The number of hydrogen-bond acceptors (Lipinski definition) is 1. The van der Waals surface area contributed by atoms with Gasteiger partial charge in [0.05, 0.1) is 0 Å². The molecule has 1 unspecified atom stereocenters. The molecule has 0 aliphatic rings. The van der Waals surface area contributed by atoms with E-state index in [0.29, 0.717) is 6.04 Å². The van der Waals surface area contributed by atoms with Gasteiger partial charge in [0.2, 0.25) is 0 Å². The molecule has 0 saturated carbocycles. The molecule has 0 saturated heterocycles. The fourth-order valence-corrected chi connectivity index (χ4v) is 2.41. The highest BCUT2D eigenvalue weighted by molar-refractivity contribution is 6.30. The van der Waals surface area contributed by atoms with Crippen LogP contribution in [0, 0.1) is 0 Å². The SMILES string of the molecule is CC(NCCCCc1ccccc1)c1ccc(Cl)cc1. The molecule has 0 spiro atoms. The Morgan fingerprint density at radius 2 is 1.65 bits per heavy atom. The highest BCUT2D eigenvalue weighted by atomic mass is 35.5. The van der Waals surface area contributed by atoms with Gasteiger partial charge in [0.15, 0.2) is 0 Å². The molecule has 106 valence electrons. The van der Waals surface area contributed by atoms with Crippen LogP contribution in [-0.2, 0) is 6.42 Å². The minimum Gasteiger partial charge on any atom is -0.310 e. The van der Waals surface area contributed by atoms with Crippen LogP contribution < -0.4 is 5.32 Å². The molecule has 2 heteroatoms. The molecule has 2 rings (SSSR count). The average Bonchev–Trinajstić information content (AvgIpc) is 2.48. The summed E-state index contributed by atoms with van der Waals surface area (Å²) in [5.41, 5.74) is 2.72. The largest absolute Gasteiger partial charge is 0.310 e. The van der Waals surface area contributed by atoms with Crippen molar-refractivity contribution >= 4 is 11.6 Å². The van der Waals surface area contributed by atoms with Crippen molar-refractivity contribution in [3.63, 3.8) is 0 Å². The van der Waals surface area contributed by atoms with Crippen molar-refractivity contribution in [1.82, 2.24) is 5.32 Å². The second-order valence-electron chi connectivity index (χ2n) is 5.17. The Kier molecular flexibility index (Phi) is 6.10. The van der Waals surface area contributed by atoms with Gasteiger partial charge in [-0.3, -0.25) is 0 Å². The molecule has 0 fully saturated rings. The van der Waals surface area contributed by atoms with Gasteiger partial charge in [0, 0.05) is 11.1 Å². The first-order valence-electron chi connectivity index (χ1n) is 7.28. The lowest BCUT2D eigenvalue weighted by Crippen LogP contribution is -2.19. The number of hydrogen-bond donors (Lipinski definition) is 1. The van der Waals surface area contributed by atoms with Gasteiger partial charge in [-0.1, -0.05) is 54.1 Å². The van der Waals surface area contributed by atoms with Crippen LogP contribution in [0.25, 0.3) is 0 Å². The van der Waals surface area contributed by atoms with Crippen LogP contribution in [0.15, 0.2) is 54.6 Å². The van der Waals surface area contributed by atoms with Crippen LogP contribution in [0.3, 0.4) is 0 Å². The second-order valence-corrected chi connectivity index (χ2v) is 5.61. The van der Waals surface area contributed by atoms with Crippen LogP contribution in [0.5, 0.6) is 0 Å². The molecule has 1 N–H and O–H groups in total. The monoisotopic (exact) mass is 287 g/mol. The molecule has 20 heavy (non-hydrogen) atoms. The summed E-state index contributed by atoms with van der Waals surface area (Å²) in [5.74, 6) is 0. The molecule has 0 aliphatic carbocycles. The maximum atomic E-state index is 5.90. The zero-order valence-corrected chi connectivity index (χ0v) is 12.7. The normalized spacial score (nSPS) is 12.3. The van der Waals surface area contributed by atoms with Crippen LogP contribution in [0.1, 0.15) is 36.9 Å². The smallest absolute Gasteiger partial charge is 0.0406 e. The molecule has 1 nitrogen and oxygen atoms in total. The molecule has 0 aliphatic heterocycles. The van der Waals surface area contributed by atoms with Crippen molar-refractivity contribution in [3.05, 3.63) is 70.7 Å². The Morgan fingerprint density at radius 1 is 0.950 bits per heavy atom. The highest BCUT2D eigenvalue weighted by Crippen LogP contribution is 2.16. The van der Waals surface area contributed by atoms with Gasteiger partial charge >= 0.3 is 0 Å². The Hall–Kier alpha value is -1.31. The van der Waals surface area contributed by atoms with Gasteiger partial charge in [0.25, 0.3) is 0 Å². The summed E-state index contributed by atoms with van der Waals surface area (Å²) in [5, 5.41) is 4.36. The lowest BCUT2D eigenvalue weighted by atomic mass is 10.1. The topological polar surface area (TPSA) is 12.0 Å². The van der Waals surface area contributed by atoms with Crippen LogP contribution in [0.4, 0.5) is 0 Å². The number of unbranched alkanes of at least 4 members (excludes halogenated alkanes) is 1. The molecule has 2 aromatic carbocycles. The van der Waals surface area contributed by atoms with Gasteiger partial charge in [-0.2, -0.15) is 0 Å². The Labute approximate surface area is 127 Å². The molecular formula is C18H22ClN. The van der Waals surface area contributed by atoms with Gasteiger partial charge in [-0.25, -0.2) is 0 Å². The van der Waals surface area contributed by atoms with E-state index >= 15 is 0 Å². The highest BCUT2D eigenvalue weighted by Gasteiger charge is 2.03. The lowest BCUT2D eigenvalue weighted by molar-refractivity contribution is 0.546. The summed E-state index contributed by atoms with van der Waals surface area (Å²) in [6.07, 6.45) is 3.59. The molecule has 1 atom stereocenters. The van der Waals surface area contributed by atoms with E-state index in [1.54, 1.807) is 0 Å². The van der Waals surface area contributed by atoms with E-state index in [1.807, 2.05) is 12.1 Å². The first-order valence-corrected chi connectivity index (χ1v) is 7.66. The summed E-state index contributed by atoms with van der Waals surface area (Å²) in [4.78, 5) is 0. The maximum Gasteiger partial charge on any atom is 0.0406 e. The molecule has 0 radical (unpaired) electrons. The van der Waals surface area contributed by atoms with E-state index in [-0.39, 0.29) is 0 Å². The van der Waals surface area contributed by atoms with Crippen molar-refractivity contribution < 1.29 is 0 Å². The van der Waals surface area contributed by atoms with Crippen LogP contribution in [-0.4, -0.2) is 6.54 Å². The average molecular weight is 288 g/mol. The molecule has 0 aromatic heterocycles. The maximum absolute atomic E-state index is 5.90. The first-order chi connectivity index (χ1) is 9.75. The summed E-state index contributed by atoms with van der Waals surface area (Å²) in [6, 6.07) is 19.1. The van der Waals surface area contributed by atoms with E-state index in [2.05, 4.69) is 54.7 Å². The van der Waals surface area contributed by atoms with Crippen molar-refractivity contribution in [1.29, 1.82) is 0 Å². The van der Waals surface area contributed by atoms with Crippen molar-refractivity contribution in [3.8, 4) is 0 Å². The summed E-state index contributed by atoms with van der Waals surface area (Å²) in [7, 11) is 0. The Morgan fingerprint density at radius 3 is 2.35 bits per heavy atom. The molecular weight excluding hydrogens is 266 g/mol. The van der Waals surface area contributed by atoms with E-state index < -0.39 is 0 Å². The second kappa shape index (κ2) is 8.08. The van der Waals surface area contributed by atoms with Crippen LogP contribution in [0.2, 0.25) is 5.02 Å². The van der Waals surface area contributed by atoms with Crippen molar-refractivity contribution in [2.75, 3.05) is 6.54 Å². The van der Waals surface area contributed by atoms with E-state index in [0.717, 1.165) is 18.0 Å². The lowest BCUT2D eigenvalue weighted by Gasteiger charge is -2.14.